The van der Waals surface area contributed by atoms with E-state index in [-0.39, 0.29) is 18.2 Å². The summed E-state index contributed by atoms with van der Waals surface area (Å²) in [6.07, 6.45) is 1.17. The van der Waals surface area contributed by atoms with Crippen LogP contribution in [0.4, 0.5) is 0 Å². The number of hydrogen-bond donors (Lipinski definition) is 3. The fraction of sp³-hybridized carbons (Fsp3) is 0.556. The minimum Gasteiger partial charge on any atom is -0.345 e. The minimum atomic E-state index is -4.22. The van der Waals surface area contributed by atoms with E-state index >= 15 is 0 Å². The molecule has 0 spiro atoms. The summed E-state index contributed by atoms with van der Waals surface area (Å²) >= 11 is 0. The number of carbonyl (C=O) groups excluding carboxylic acids is 2. The summed E-state index contributed by atoms with van der Waals surface area (Å²) in [5.41, 5.74) is 2.48. The van der Waals surface area contributed by atoms with Crippen molar-refractivity contribution in [2.24, 2.45) is 0 Å². The third kappa shape index (κ3) is 6.24. The number of nitrogens with one attached hydrogen (secondary N) is 1. The van der Waals surface area contributed by atoms with Gasteiger partial charge in [0.2, 0.25) is 11.8 Å². The molecule has 0 radical (unpaired) electrons. The number of amides is 2. The maximum atomic E-state index is 12.7. The van der Waals surface area contributed by atoms with Gasteiger partial charge in [-0.15, -0.1) is 0 Å². The predicted molar refractivity (Wildman–Crippen MR) is 98.9 cm³/mol. The maximum Gasteiger partial charge on any atom is 0.325 e. The van der Waals surface area contributed by atoms with E-state index in [1.165, 1.54) is 18.1 Å². The van der Waals surface area contributed by atoms with Gasteiger partial charge in [0.15, 0.2) is 0 Å². The van der Waals surface area contributed by atoms with E-state index in [4.69, 9.17) is 9.79 Å². The van der Waals surface area contributed by atoms with Crippen LogP contribution in [0, 0.1) is 6.92 Å². The van der Waals surface area contributed by atoms with E-state index in [1.807, 2.05) is 6.92 Å². The lowest BCUT2D eigenvalue weighted by atomic mass is 9.89. The van der Waals surface area contributed by atoms with Crippen LogP contribution in [0.5, 0.6) is 0 Å². The molecule has 0 aromatic heterocycles. The summed E-state index contributed by atoms with van der Waals surface area (Å²) in [7, 11) is -4.22. The standard InChI is InChI=1S/C18H27N2O5P/c1-13-3-5-15(6-4-13)16-7-10-20(11-8-16)18(22)17(19-14(2)21)9-12-26(23,24)25/h3-6,16-17H,7-12H2,1-2H3,(H,19,21)(H2,23,24,25)/t17-/m0/s1. The van der Waals surface area contributed by atoms with Crippen LogP contribution < -0.4 is 5.32 Å². The second kappa shape index (κ2) is 8.80. The van der Waals surface area contributed by atoms with E-state index in [2.05, 4.69) is 29.6 Å². The number of nitrogens with zero attached hydrogens (tertiary/aromatic N) is 1. The Morgan fingerprint density at radius 3 is 2.31 bits per heavy atom. The topological polar surface area (TPSA) is 107 Å². The number of hydrogen-bond acceptors (Lipinski definition) is 3. The lowest BCUT2D eigenvalue weighted by Crippen LogP contribution is -2.50. The monoisotopic (exact) mass is 382 g/mol. The molecule has 3 N–H and O–H groups in total. The van der Waals surface area contributed by atoms with Gasteiger partial charge in [-0.2, -0.15) is 0 Å². The van der Waals surface area contributed by atoms with Gasteiger partial charge in [-0.3, -0.25) is 14.2 Å². The average Bonchev–Trinajstić information content (AvgIpc) is 2.58. The van der Waals surface area contributed by atoms with E-state index in [1.54, 1.807) is 4.90 Å². The van der Waals surface area contributed by atoms with Crippen molar-refractivity contribution in [3.05, 3.63) is 35.4 Å². The molecule has 1 fully saturated rings. The van der Waals surface area contributed by atoms with Crippen molar-refractivity contribution in [2.75, 3.05) is 19.3 Å². The van der Waals surface area contributed by atoms with Gasteiger partial charge < -0.3 is 20.0 Å². The summed E-state index contributed by atoms with van der Waals surface area (Å²) in [6.45, 7) is 4.49. The first kappa shape index (κ1) is 20.6. The molecule has 0 unspecified atom stereocenters. The Bertz CT molecular complexity index is 677. The molecule has 1 heterocycles. The molecular weight excluding hydrogens is 355 g/mol. The van der Waals surface area contributed by atoms with Crippen LogP contribution in [-0.4, -0.2) is 51.8 Å². The van der Waals surface area contributed by atoms with Crippen LogP contribution in [0.25, 0.3) is 0 Å². The zero-order valence-electron chi connectivity index (χ0n) is 15.2. The normalized spacial score (nSPS) is 17.0. The molecule has 1 aliphatic heterocycles. The number of rotatable bonds is 6. The van der Waals surface area contributed by atoms with E-state index in [0.717, 1.165) is 12.8 Å². The molecule has 2 amide bonds. The Balaban J connectivity index is 1.96. The third-order valence-electron chi connectivity index (χ3n) is 4.74. The molecule has 1 atom stereocenters. The Kier molecular flexibility index (Phi) is 6.98. The van der Waals surface area contributed by atoms with Crippen molar-refractivity contribution in [1.29, 1.82) is 0 Å². The molecule has 1 aromatic carbocycles. The van der Waals surface area contributed by atoms with Crippen molar-refractivity contribution in [1.82, 2.24) is 10.2 Å². The lowest BCUT2D eigenvalue weighted by molar-refractivity contribution is -0.137. The van der Waals surface area contributed by atoms with Crippen molar-refractivity contribution in [3.8, 4) is 0 Å². The molecule has 8 heteroatoms. The van der Waals surface area contributed by atoms with E-state index in [0.29, 0.717) is 19.0 Å². The Morgan fingerprint density at radius 1 is 1.23 bits per heavy atom. The van der Waals surface area contributed by atoms with Gasteiger partial charge in [0.05, 0.1) is 6.16 Å². The highest BCUT2D eigenvalue weighted by atomic mass is 31.2. The zero-order chi connectivity index (χ0) is 19.3. The molecule has 0 aliphatic carbocycles. The number of piperidine rings is 1. The first-order valence-electron chi connectivity index (χ1n) is 8.83. The maximum absolute atomic E-state index is 12.7. The van der Waals surface area contributed by atoms with Crippen molar-refractivity contribution in [3.63, 3.8) is 0 Å². The highest BCUT2D eigenvalue weighted by Crippen LogP contribution is 2.35. The third-order valence-corrected chi connectivity index (χ3v) is 5.58. The zero-order valence-corrected chi connectivity index (χ0v) is 16.1. The van der Waals surface area contributed by atoms with Gasteiger partial charge in [-0.05, 0) is 37.7 Å². The van der Waals surface area contributed by atoms with Crippen LogP contribution in [0.3, 0.4) is 0 Å². The van der Waals surface area contributed by atoms with Crippen LogP contribution in [0.1, 0.15) is 43.2 Å². The van der Waals surface area contributed by atoms with Crippen LogP contribution in [0.15, 0.2) is 24.3 Å². The van der Waals surface area contributed by atoms with E-state index in [9.17, 15) is 14.2 Å². The van der Waals surface area contributed by atoms with Gasteiger partial charge >= 0.3 is 7.60 Å². The van der Waals surface area contributed by atoms with E-state index < -0.39 is 19.8 Å². The van der Waals surface area contributed by atoms with Gasteiger partial charge in [-0.1, -0.05) is 29.8 Å². The first-order valence-corrected chi connectivity index (χ1v) is 10.6. The summed E-state index contributed by atoms with van der Waals surface area (Å²) in [5, 5.41) is 2.53. The van der Waals surface area contributed by atoms with Gasteiger partial charge in [-0.25, -0.2) is 0 Å². The summed E-state index contributed by atoms with van der Waals surface area (Å²) < 4.78 is 11.1. The van der Waals surface area contributed by atoms with Crippen molar-refractivity contribution in [2.45, 2.75) is 45.1 Å². The smallest absolute Gasteiger partial charge is 0.325 e. The largest absolute Gasteiger partial charge is 0.345 e. The molecule has 0 bridgehead atoms. The summed E-state index contributed by atoms with van der Waals surface area (Å²) in [4.78, 5) is 43.8. The Hall–Kier alpha value is -1.69. The summed E-state index contributed by atoms with van der Waals surface area (Å²) in [5.74, 6) is -0.256. The number of benzene rings is 1. The minimum absolute atomic E-state index is 0.0689. The molecule has 1 saturated heterocycles. The predicted octanol–water partition coefficient (Wildman–Crippen LogP) is 1.77. The van der Waals surface area contributed by atoms with Crippen molar-refractivity contribution >= 4 is 19.4 Å². The number of likely N-dealkylation sites (tertiary alicyclic amines) is 1. The average molecular weight is 382 g/mol. The molecule has 2 rings (SSSR count). The lowest BCUT2D eigenvalue weighted by Gasteiger charge is -2.34. The van der Waals surface area contributed by atoms with Crippen LogP contribution in [-0.2, 0) is 14.2 Å². The van der Waals surface area contributed by atoms with Crippen LogP contribution >= 0.6 is 7.60 Å². The molecule has 7 nitrogen and oxygen atoms in total. The van der Waals surface area contributed by atoms with Gasteiger partial charge in [0, 0.05) is 20.0 Å². The highest BCUT2D eigenvalue weighted by Gasteiger charge is 2.30. The van der Waals surface area contributed by atoms with Gasteiger partial charge in [0.25, 0.3) is 0 Å². The molecule has 1 aromatic rings. The number of carbonyl (C=O) groups is 2. The molecule has 1 aliphatic rings. The molecular formula is C18H27N2O5P. The fourth-order valence-electron chi connectivity index (χ4n) is 3.29. The van der Waals surface area contributed by atoms with Gasteiger partial charge in [0.1, 0.15) is 6.04 Å². The second-order valence-electron chi connectivity index (χ2n) is 6.94. The second-order valence-corrected chi connectivity index (χ2v) is 8.72. The van der Waals surface area contributed by atoms with Crippen molar-refractivity contribution < 1.29 is 23.9 Å². The first-order chi connectivity index (χ1) is 12.2. The Morgan fingerprint density at radius 2 is 1.81 bits per heavy atom. The summed E-state index contributed by atoms with van der Waals surface area (Å²) in [6, 6.07) is 7.52. The SMILES string of the molecule is CC(=O)N[C@@H](CCP(=O)(O)O)C(=O)N1CCC(c2ccc(C)cc2)CC1. The highest BCUT2D eigenvalue weighted by molar-refractivity contribution is 7.51. The van der Waals surface area contributed by atoms with Crippen LogP contribution in [0.2, 0.25) is 0 Å². The molecule has 144 valence electrons. The molecule has 26 heavy (non-hydrogen) atoms. The fourth-order valence-corrected chi connectivity index (χ4v) is 3.89. The molecule has 0 saturated carbocycles. The number of aryl methyl sites for hydroxylation is 1. The quantitative estimate of drug-likeness (QED) is 0.650. The Labute approximate surface area is 153 Å².